The van der Waals surface area contributed by atoms with E-state index in [2.05, 4.69) is 25.9 Å². The number of methoxy groups -OCH3 is 2. The van der Waals surface area contributed by atoms with Crippen LogP contribution in [-0.4, -0.2) is 66.6 Å². The van der Waals surface area contributed by atoms with Crippen LogP contribution < -0.4 is 30.2 Å². The molecule has 0 unspecified atom stereocenters. The van der Waals surface area contributed by atoms with Crippen LogP contribution in [0.5, 0.6) is 17.6 Å². The zero-order valence-corrected chi connectivity index (χ0v) is 27.6. The smallest absolute Gasteiger partial charge is 0.258 e. The van der Waals surface area contributed by atoms with E-state index < -0.39 is 5.91 Å². The molecule has 1 atom stereocenters. The van der Waals surface area contributed by atoms with Crippen molar-refractivity contribution in [1.29, 1.82) is 0 Å². The van der Waals surface area contributed by atoms with Gasteiger partial charge in [0.15, 0.2) is 0 Å². The van der Waals surface area contributed by atoms with Crippen LogP contribution in [0.2, 0.25) is 10.0 Å². The van der Waals surface area contributed by atoms with Gasteiger partial charge in [0.25, 0.3) is 5.91 Å². The third-order valence-electron chi connectivity index (χ3n) is 7.76. The summed E-state index contributed by atoms with van der Waals surface area (Å²) in [4.78, 5) is 22.4. The lowest BCUT2D eigenvalue weighted by atomic mass is 9.95. The predicted molar refractivity (Wildman–Crippen MR) is 181 cm³/mol. The molecular formula is C34H37Cl2N5O6. The molecule has 5 rings (SSSR count). The number of nitrogens with zero attached hydrogens (tertiary/aromatic N) is 2. The number of pyridine rings is 2. The first-order valence-electron chi connectivity index (χ1n) is 15.2. The van der Waals surface area contributed by atoms with E-state index in [0.717, 1.165) is 39.8 Å². The number of hydrogen-bond donors (Lipinski definition) is 5. The summed E-state index contributed by atoms with van der Waals surface area (Å²) in [5.74, 6) is 0.942. The lowest BCUT2D eigenvalue weighted by molar-refractivity contribution is 0.102. The molecule has 0 fully saturated rings. The topological polar surface area (TPSA) is 147 Å². The van der Waals surface area contributed by atoms with Gasteiger partial charge in [0, 0.05) is 42.9 Å². The van der Waals surface area contributed by atoms with Crippen LogP contribution in [0.4, 0.5) is 5.82 Å². The summed E-state index contributed by atoms with van der Waals surface area (Å²) in [7, 11) is 3.05. The maximum absolute atomic E-state index is 13.4. The van der Waals surface area contributed by atoms with Crippen molar-refractivity contribution in [3.8, 4) is 28.8 Å². The summed E-state index contributed by atoms with van der Waals surface area (Å²) >= 11 is 13.5. The Kier molecular flexibility index (Phi) is 11.9. The number of aliphatic hydroxyl groups is 2. The van der Waals surface area contributed by atoms with Crippen LogP contribution in [0.15, 0.2) is 54.6 Å². The standard InChI is InChI=1S/C34H37Cl2N5O6/c1-45-32-20(18-37-13-15-42)9-12-29(40-32)39-31(44)26-8-4-7-25(30(26)36)22-5-3-6-24-23(22)10-11-28(24)47-34-27(35)17-21(19-38-14-16-43)33(41-34)46-2/h3-9,12,17,28,37-38,42-43H,10-11,13-16,18-19H2,1-2H3,(H,39,40,44)/t28-/m0/s1. The lowest BCUT2D eigenvalue weighted by Gasteiger charge is -2.18. The molecule has 2 aromatic carbocycles. The largest absolute Gasteiger partial charge is 0.481 e. The quantitative estimate of drug-likeness (QED) is 0.109. The van der Waals surface area contributed by atoms with Gasteiger partial charge >= 0.3 is 0 Å². The normalized spacial score (nSPS) is 13.7. The molecule has 2 aromatic heterocycles. The van der Waals surface area contributed by atoms with Crippen LogP contribution in [-0.2, 0) is 19.5 Å². The lowest BCUT2D eigenvalue weighted by Crippen LogP contribution is -2.19. The number of nitrogens with one attached hydrogen (secondary N) is 3. The summed E-state index contributed by atoms with van der Waals surface area (Å²) in [5.41, 5.74) is 5.55. The van der Waals surface area contributed by atoms with Gasteiger partial charge in [0.05, 0.1) is 38.0 Å². The number of carbonyl (C=O) groups excluding carboxylic acids is 1. The van der Waals surface area contributed by atoms with Crippen LogP contribution in [0.25, 0.3) is 11.1 Å². The minimum Gasteiger partial charge on any atom is -0.481 e. The van der Waals surface area contributed by atoms with Gasteiger partial charge in [0.1, 0.15) is 16.9 Å². The summed E-state index contributed by atoms with van der Waals surface area (Å²) in [6.07, 6.45) is 1.12. The number of hydrogen-bond acceptors (Lipinski definition) is 10. The monoisotopic (exact) mass is 681 g/mol. The van der Waals surface area contributed by atoms with Crippen molar-refractivity contribution in [3.63, 3.8) is 0 Å². The van der Waals surface area contributed by atoms with E-state index in [9.17, 15) is 4.79 Å². The second kappa shape index (κ2) is 16.2. The Morgan fingerprint density at radius 2 is 1.55 bits per heavy atom. The zero-order chi connectivity index (χ0) is 33.3. The summed E-state index contributed by atoms with van der Waals surface area (Å²) in [5, 5.41) is 27.8. The van der Waals surface area contributed by atoms with E-state index in [1.807, 2.05) is 24.3 Å². The Morgan fingerprint density at radius 3 is 2.28 bits per heavy atom. The van der Waals surface area contributed by atoms with Crippen molar-refractivity contribution < 1.29 is 29.2 Å². The average molecular weight is 683 g/mol. The number of aromatic nitrogens is 2. The highest BCUT2D eigenvalue weighted by atomic mass is 35.5. The molecule has 4 aromatic rings. The van der Waals surface area contributed by atoms with Crippen molar-refractivity contribution in [3.05, 3.63) is 92.5 Å². The Labute approximate surface area is 283 Å². The highest BCUT2D eigenvalue weighted by Gasteiger charge is 2.29. The average Bonchev–Trinajstić information content (AvgIpc) is 3.49. The first-order chi connectivity index (χ1) is 22.9. The molecule has 2 heterocycles. The molecule has 0 aliphatic heterocycles. The molecular weight excluding hydrogens is 645 g/mol. The van der Waals surface area contributed by atoms with E-state index in [1.54, 1.807) is 30.3 Å². The minimum atomic E-state index is -0.406. The van der Waals surface area contributed by atoms with Crippen molar-refractivity contribution >= 4 is 34.9 Å². The fourth-order valence-corrected chi connectivity index (χ4v) is 6.09. The second-order valence-corrected chi connectivity index (χ2v) is 11.5. The van der Waals surface area contributed by atoms with Crippen LogP contribution in [0, 0.1) is 0 Å². The Bertz CT molecular complexity index is 1720. The van der Waals surface area contributed by atoms with Crippen molar-refractivity contribution in [2.24, 2.45) is 0 Å². The number of rotatable bonds is 15. The summed E-state index contributed by atoms with van der Waals surface area (Å²) in [6, 6.07) is 16.6. The minimum absolute atomic E-state index is 0.0178. The van der Waals surface area contributed by atoms with Crippen molar-refractivity contribution in [2.75, 3.05) is 45.8 Å². The van der Waals surface area contributed by atoms with Crippen LogP contribution >= 0.6 is 23.2 Å². The molecule has 0 spiro atoms. The van der Waals surface area contributed by atoms with Crippen LogP contribution in [0.1, 0.15) is 45.1 Å². The van der Waals surface area contributed by atoms with Gasteiger partial charge in [-0.05, 0) is 53.8 Å². The van der Waals surface area contributed by atoms with Crippen molar-refractivity contribution in [1.82, 2.24) is 20.6 Å². The van der Waals surface area contributed by atoms with E-state index in [1.165, 1.54) is 14.2 Å². The number of ether oxygens (including phenoxy) is 3. The summed E-state index contributed by atoms with van der Waals surface area (Å²) < 4.78 is 17.2. The van der Waals surface area contributed by atoms with Gasteiger partial charge < -0.3 is 40.4 Å². The molecule has 5 N–H and O–H groups in total. The number of amides is 1. The summed E-state index contributed by atoms with van der Waals surface area (Å²) in [6.45, 7) is 1.80. The zero-order valence-electron chi connectivity index (χ0n) is 26.1. The molecule has 11 nitrogen and oxygen atoms in total. The molecule has 0 radical (unpaired) electrons. The van der Waals surface area contributed by atoms with Gasteiger partial charge in [-0.15, -0.1) is 0 Å². The van der Waals surface area contributed by atoms with E-state index >= 15 is 0 Å². The van der Waals surface area contributed by atoms with Gasteiger partial charge in [-0.25, -0.2) is 0 Å². The number of benzene rings is 2. The Morgan fingerprint density at radius 1 is 0.872 bits per heavy atom. The highest BCUT2D eigenvalue weighted by molar-refractivity contribution is 6.37. The number of carbonyl (C=O) groups is 1. The molecule has 0 bridgehead atoms. The molecule has 0 saturated heterocycles. The molecule has 1 amide bonds. The third kappa shape index (κ3) is 7.95. The first kappa shape index (κ1) is 34.4. The van der Waals surface area contributed by atoms with Crippen molar-refractivity contribution in [2.45, 2.75) is 32.0 Å². The predicted octanol–water partition coefficient (Wildman–Crippen LogP) is 4.95. The van der Waals surface area contributed by atoms with Crippen LogP contribution in [0.3, 0.4) is 0 Å². The van der Waals surface area contributed by atoms with E-state index in [-0.39, 0.29) is 25.2 Å². The van der Waals surface area contributed by atoms with Gasteiger partial charge in [0.2, 0.25) is 17.6 Å². The molecule has 1 aliphatic carbocycles. The Hall–Kier alpha value is -3.97. The molecule has 1 aliphatic rings. The first-order valence-corrected chi connectivity index (χ1v) is 15.9. The molecule has 13 heteroatoms. The van der Waals surface area contributed by atoms with Gasteiger partial charge in [-0.3, -0.25) is 4.79 Å². The third-order valence-corrected chi connectivity index (χ3v) is 8.44. The fourth-order valence-electron chi connectivity index (χ4n) is 5.56. The molecule has 47 heavy (non-hydrogen) atoms. The Balaban J connectivity index is 1.36. The SMILES string of the molecule is COc1nc(NC(=O)c2cccc(-c3cccc4c3CC[C@@H]4Oc3nc(OC)c(CNCCO)cc3Cl)c2Cl)ccc1CNCCO. The number of aliphatic hydroxyl groups excluding tert-OH is 2. The molecule has 0 saturated carbocycles. The van der Waals surface area contributed by atoms with E-state index in [0.29, 0.717) is 65.8 Å². The fraction of sp³-hybridized carbons (Fsp3) is 0.324. The maximum atomic E-state index is 13.4. The maximum Gasteiger partial charge on any atom is 0.258 e. The van der Waals surface area contributed by atoms with Gasteiger partial charge in [-0.1, -0.05) is 53.5 Å². The molecule has 248 valence electrons. The number of fused-ring (bicyclic) bond motifs is 1. The van der Waals surface area contributed by atoms with E-state index in [4.69, 9.17) is 47.6 Å². The second-order valence-electron chi connectivity index (χ2n) is 10.7. The highest BCUT2D eigenvalue weighted by Crippen LogP contribution is 2.43. The van der Waals surface area contributed by atoms with Gasteiger partial charge in [-0.2, -0.15) is 9.97 Å². The number of halogens is 2. The number of anilines is 1.